The molecule has 98 valence electrons. The van der Waals surface area contributed by atoms with Crippen LogP contribution in [0.2, 0.25) is 0 Å². The molecule has 0 bridgehead atoms. The van der Waals surface area contributed by atoms with Crippen molar-refractivity contribution in [2.75, 3.05) is 10.8 Å². The summed E-state index contributed by atoms with van der Waals surface area (Å²) < 4.78 is 39.1. The molecule has 0 saturated carbocycles. The monoisotopic (exact) mass is 274 g/mol. The summed E-state index contributed by atoms with van der Waals surface area (Å²) in [5, 5.41) is 9.70. The maximum atomic E-state index is 13.8. The van der Waals surface area contributed by atoms with Gasteiger partial charge in [0, 0.05) is 0 Å². The second-order valence-electron chi connectivity index (χ2n) is 3.84. The molecular formula is C10H11FN2O4S. The van der Waals surface area contributed by atoms with Crippen LogP contribution in [0.15, 0.2) is 12.1 Å². The minimum Gasteiger partial charge on any atom is -0.506 e. The number of anilines is 1. The van der Waals surface area contributed by atoms with Crippen molar-refractivity contribution < 1.29 is 22.7 Å². The van der Waals surface area contributed by atoms with E-state index in [-0.39, 0.29) is 0 Å². The van der Waals surface area contributed by atoms with E-state index in [1.165, 1.54) is 6.07 Å². The zero-order valence-electron chi connectivity index (χ0n) is 9.47. The maximum Gasteiger partial charge on any atom is 0.326 e. The van der Waals surface area contributed by atoms with Gasteiger partial charge >= 0.3 is 10.2 Å². The normalized spacial score (nSPS) is 17.9. The average molecular weight is 274 g/mol. The van der Waals surface area contributed by atoms with Crippen LogP contribution in [0.25, 0.3) is 0 Å². The minimum absolute atomic E-state index is 0.495. The summed E-state index contributed by atoms with van der Waals surface area (Å²) in [6.45, 7) is 1.23. The average Bonchev–Trinajstić information content (AvgIpc) is 2.51. The molecule has 0 unspecified atom stereocenters. The summed E-state index contributed by atoms with van der Waals surface area (Å²) in [6.07, 6.45) is 0.495. The van der Waals surface area contributed by atoms with Crippen LogP contribution in [0.5, 0.6) is 5.75 Å². The van der Waals surface area contributed by atoms with E-state index in [2.05, 4.69) is 0 Å². The first kappa shape index (κ1) is 12.6. The third-order valence-corrected chi connectivity index (χ3v) is 3.96. The molecule has 1 aromatic rings. The van der Waals surface area contributed by atoms with Crippen LogP contribution in [-0.2, 0) is 21.4 Å². The van der Waals surface area contributed by atoms with Crippen molar-refractivity contribution in [1.82, 2.24) is 4.72 Å². The Morgan fingerprint density at radius 2 is 2.17 bits per heavy atom. The van der Waals surface area contributed by atoms with Gasteiger partial charge in [-0.2, -0.15) is 8.42 Å². The Bertz CT molecular complexity index is 591. The van der Waals surface area contributed by atoms with Crippen LogP contribution in [0.4, 0.5) is 10.1 Å². The summed E-state index contributed by atoms with van der Waals surface area (Å²) in [4.78, 5) is 11.1. The first-order valence-electron chi connectivity index (χ1n) is 5.20. The van der Waals surface area contributed by atoms with E-state index in [0.29, 0.717) is 16.3 Å². The fourth-order valence-electron chi connectivity index (χ4n) is 1.74. The van der Waals surface area contributed by atoms with Crippen molar-refractivity contribution in [3.8, 4) is 5.75 Å². The Morgan fingerprint density at radius 1 is 1.50 bits per heavy atom. The van der Waals surface area contributed by atoms with E-state index in [1.807, 2.05) is 0 Å². The smallest absolute Gasteiger partial charge is 0.326 e. The van der Waals surface area contributed by atoms with Gasteiger partial charge in [-0.1, -0.05) is 6.92 Å². The molecule has 0 atom stereocenters. The van der Waals surface area contributed by atoms with Gasteiger partial charge in [0.05, 0.1) is 0 Å². The fourth-order valence-corrected chi connectivity index (χ4v) is 2.91. The molecule has 8 heteroatoms. The summed E-state index contributed by atoms with van der Waals surface area (Å²) in [6, 6.07) is 2.41. The summed E-state index contributed by atoms with van der Waals surface area (Å²) >= 11 is 0. The van der Waals surface area contributed by atoms with Crippen molar-refractivity contribution in [2.45, 2.75) is 13.3 Å². The third kappa shape index (κ3) is 1.99. The van der Waals surface area contributed by atoms with Gasteiger partial charge < -0.3 is 5.11 Å². The van der Waals surface area contributed by atoms with E-state index in [4.69, 9.17) is 0 Å². The first-order chi connectivity index (χ1) is 8.35. The number of carbonyl (C=O) groups excluding carboxylic acids is 1. The number of nitrogens with zero attached hydrogens (tertiary/aromatic N) is 1. The Labute approximate surface area is 103 Å². The number of aryl methyl sites for hydroxylation is 1. The molecule has 1 saturated heterocycles. The van der Waals surface area contributed by atoms with Crippen LogP contribution in [0.1, 0.15) is 12.5 Å². The lowest BCUT2D eigenvalue weighted by molar-refractivity contribution is -0.117. The van der Waals surface area contributed by atoms with Crippen molar-refractivity contribution in [1.29, 1.82) is 0 Å². The Balaban J connectivity index is 2.56. The van der Waals surface area contributed by atoms with Gasteiger partial charge in [-0.05, 0) is 24.1 Å². The number of carbonyl (C=O) groups is 1. The Kier molecular flexibility index (Phi) is 2.89. The van der Waals surface area contributed by atoms with Gasteiger partial charge in [0.25, 0.3) is 5.91 Å². The van der Waals surface area contributed by atoms with Crippen molar-refractivity contribution in [2.24, 2.45) is 0 Å². The Hall–Kier alpha value is -1.83. The molecule has 1 amide bonds. The third-order valence-electron chi connectivity index (χ3n) is 2.58. The lowest BCUT2D eigenvalue weighted by atomic mass is 10.1. The molecule has 1 aromatic carbocycles. The van der Waals surface area contributed by atoms with Gasteiger partial charge in [-0.25, -0.2) is 13.4 Å². The number of benzene rings is 1. The lowest BCUT2D eigenvalue weighted by Crippen LogP contribution is -2.30. The second kappa shape index (κ2) is 4.13. The number of hydrogen-bond donors (Lipinski definition) is 2. The lowest BCUT2D eigenvalue weighted by Gasteiger charge is -2.17. The van der Waals surface area contributed by atoms with Gasteiger partial charge in [0.15, 0.2) is 5.82 Å². The number of aromatic hydroxyl groups is 1. The number of phenolic OH excluding ortho intramolecular Hbond substituents is 1. The molecule has 1 fully saturated rings. The number of rotatable bonds is 2. The predicted octanol–water partition coefficient (Wildman–Crippen LogP) is 0.275. The maximum absolute atomic E-state index is 13.8. The van der Waals surface area contributed by atoms with E-state index < -0.39 is 39.9 Å². The predicted molar refractivity (Wildman–Crippen MR) is 61.9 cm³/mol. The molecule has 2 N–H and O–H groups in total. The van der Waals surface area contributed by atoms with Crippen molar-refractivity contribution >= 4 is 21.8 Å². The molecule has 0 aromatic heterocycles. The number of amides is 1. The number of halogens is 1. The van der Waals surface area contributed by atoms with E-state index in [1.54, 1.807) is 11.6 Å². The van der Waals surface area contributed by atoms with Gasteiger partial charge in [-0.3, -0.25) is 4.79 Å². The van der Waals surface area contributed by atoms with Gasteiger partial charge in [-0.15, -0.1) is 0 Å². The van der Waals surface area contributed by atoms with Gasteiger partial charge in [0.1, 0.15) is 18.0 Å². The number of nitrogens with one attached hydrogen (secondary N) is 1. The minimum atomic E-state index is -4.12. The molecule has 2 rings (SSSR count). The fraction of sp³-hybridized carbons (Fsp3) is 0.300. The zero-order valence-corrected chi connectivity index (χ0v) is 10.3. The molecule has 0 spiro atoms. The highest BCUT2D eigenvalue weighted by molar-refractivity contribution is 7.92. The Morgan fingerprint density at radius 3 is 2.61 bits per heavy atom. The molecule has 18 heavy (non-hydrogen) atoms. The second-order valence-corrected chi connectivity index (χ2v) is 5.43. The number of phenols is 1. The molecular weight excluding hydrogens is 263 g/mol. The van der Waals surface area contributed by atoms with Crippen LogP contribution in [-0.4, -0.2) is 26.0 Å². The molecule has 0 aliphatic carbocycles. The van der Waals surface area contributed by atoms with Crippen LogP contribution in [0.3, 0.4) is 0 Å². The summed E-state index contributed by atoms with van der Waals surface area (Å²) in [7, 11) is -4.12. The number of hydrogen-bond acceptors (Lipinski definition) is 4. The largest absolute Gasteiger partial charge is 0.506 e. The SMILES string of the molecule is CCc1cc(O)c(N2CC(=O)NS2(=O)=O)c(F)c1. The standard InChI is InChI=1S/C10H11FN2O4S/c1-2-6-3-7(11)10(8(14)4-6)13-5-9(15)12-18(13,16)17/h3-4,14H,2,5H2,1H3,(H,12,15). The quantitative estimate of drug-likeness (QED) is 0.810. The summed E-state index contributed by atoms with van der Waals surface area (Å²) in [5.41, 5.74) is 0.0233. The van der Waals surface area contributed by atoms with Crippen molar-refractivity contribution in [3.63, 3.8) is 0 Å². The van der Waals surface area contributed by atoms with E-state index >= 15 is 0 Å². The van der Waals surface area contributed by atoms with E-state index in [9.17, 15) is 22.7 Å². The topological polar surface area (TPSA) is 86.7 Å². The first-order valence-corrected chi connectivity index (χ1v) is 6.64. The van der Waals surface area contributed by atoms with Crippen LogP contribution >= 0.6 is 0 Å². The van der Waals surface area contributed by atoms with Crippen molar-refractivity contribution in [3.05, 3.63) is 23.5 Å². The summed E-state index contributed by atoms with van der Waals surface area (Å²) in [5.74, 6) is -2.16. The van der Waals surface area contributed by atoms with Gasteiger partial charge in [0.2, 0.25) is 0 Å². The highest BCUT2D eigenvalue weighted by Crippen LogP contribution is 2.34. The van der Waals surface area contributed by atoms with E-state index in [0.717, 1.165) is 6.07 Å². The van der Waals surface area contributed by atoms with Crippen LogP contribution in [0, 0.1) is 5.82 Å². The van der Waals surface area contributed by atoms with Crippen LogP contribution < -0.4 is 9.03 Å². The molecule has 1 aliphatic rings. The zero-order chi connectivity index (χ0) is 13.5. The molecule has 1 heterocycles. The molecule has 1 aliphatic heterocycles. The molecule has 0 radical (unpaired) electrons. The highest BCUT2D eigenvalue weighted by Gasteiger charge is 2.37. The highest BCUT2D eigenvalue weighted by atomic mass is 32.2. The molecule has 6 nitrogen and oxygen atoms in total.